The van der Waals surface area contributed by atoms with Crippen molar-refractivity contribution in [2.45, 2.75) is 19.4 Å². The molecule has 7 nitrogen and oxygen atoms in total. The second-order valence-corrected chi connectivity index (χ2v) is 11.6. The Hall–Kier alpha value is -5.58. The maximum atomic E-state index is 14.5. The molecule has 0 aliphatic carbocycles. The first kappa shape index (κ1) is 32.4. The molecule has 1 aliphatic heterocycles. The third kappa shape index (κ3) is 6.76. The quantitative estimate of drug-likeness (QED) is 0.0671. The maximum Gasteiger partial charge on any atom is 0.290 e. The van der Waals surface area contributed by atoms with E-state index in [4.69, 9.17) is 0 Å². The third-order valence-electron chi connectivity index (χ3n) is 8.43. The second-order valence-electron chi connectivity index (χ2n) is 11.6. The van der Waals surface area contributed by atoms with Crippen LogP contribution in [0.5, 0.6) is 0 Å². The molecule has 1 saturated heterocycles. The number of amides is 1. The number of hydrogen-bond donors (Lipinski definition) is 0. The molecule has 0 N–H and O–H groups in total. The molecule has 4 aromatic carbocycles. The fourth-order valence-electron chi connectivity index (χ4n) is 6.00. The van der Waals surface area contributed by atoms with Crippen LogP contribution < -0.4 is 10.5 Å². The summed E-state index contributed by atoms with van der Waals surface area (Å²) >= 11 is 0. The molecule has 1 amide bonds. The van der Waals surface area contributed by atoms with Gasteiger partial charge in [0.15, 0.2) is 23.2 Å². The van der Waals surface area contributed by atoms with Crippen molar-refractivity contribution in [3.63, 3.8) is 0 Å². The van der Waals surface area contributed by atoms with Gasteiger partial charge in [0.25, 0.3) is 11.5 Å². The summed E-state index contributed by atoms with van der Waals surface area (Å²) in [6.45, 7) is 1.14. The van der Waals surface area contributed by atoms with Crippen molar-refractivity contribution < 1.29 is 31.9 Å². The zero-order valence-corrected chi connectivity index (χ0v) is 25.6. The van der Waals surface area contributed by atoms with Crippen molar-refractivity contribution >= 4 is 33.9 Å². The molecule has 0 spiro atoms. The normalized spacial score (nSPS) is 13.2. The molecule has 0 bridgehead atoms. The highest BCUT2D eigenvalue weighted by Gasteiger charge is 2.29. The van der Waals surface area contributed by atoms with Gasteiger partial charge >= 0.3 is 0 Å². The summed E-state index contributed by atoms with van der Waals surface area (Å²) in [5, 5.41) is 2.15. The van der Waals surface area contributed by atoms with Gasteiger partial charge in [-0.25, -0.2) is 17.6 Å². The van der Waals surface area contributed by atoms with Gasteiger partial charge < -0.3 is 14.4 Å². The van der Waals surface area contributed by atoms with E-state index in [-0.39, 0.29) is 42.7 Å². The lowest BCUT2D eigenvalue weighted by molar-refractivity contribution is -0.144. The lowest BCUT2D eigenvalue weighted by Crippen LogP contribution is -2.51. The molecule has 48 heavy (non-hydrogen) atoms. The van der Waals surface area contributed by atoms with E-state index >= 15 is 0 Å². The number of aromatic nitrogens is 1. The zero-order chi connectivity index (χ0) is 33.9. The molecule has 1 aliphatic rings. The Morgan fingerprint density at radius 2 is 1.38 bits per heavy atom. The molecular weight excluding hydrogens is 626 g/mol. The van der Waals surface area contributed by atoms with E-state index in [1.807, 2.05) is 42.5 Å². The number of carbonyl (C=O) groups is 3. The number of hydrogen-bond acceptors (Lipinski definition) is 5. The minimum atomic E-state index is -1.64. The molecule has 0 radical (unpaired) electrons. The van der Waals surface area contributed by atoms with Crippen molar-refractivity contribution in [3.05, 3.63) is 147 Å². The molecule has 6 rings (SSSR count). The summed E-state index contributed by atoms with van der Waals surface area (Å²) in [7, 11) is 0. The number of benzene rings is 4. The van der Waals surface area contributed by atoms with Crippen LogP contribution in [0.1, 0.15) is 33.5 Å². The Balaban J connectivity index is 1.20. The predicted molar refractivity (Wildman–Crippen MR) is 172 cm³/mol. The highest BCUT2D eigenvalue weighted by Crippen LogP contribution is 2.27. The van der Waals surface area contributed by atoms with Crippen LogP contribution in [-0.4, -0.2) is 53.1 Å². The molecule has 1 fully saturated rings. The minimum Gasteiger partial charge on any atom is -0.367 e. The largest absolute Gasteiger partial charge is 0.367 e. The topological polar surface area (TPSA) is 79.7 Å². The van der Waals surface area contributed by atoms with Gasteiger partial charge in [-0.1, -0.05) is 54.6 Å². The number of carbonyl (C=O) groups excluding carboxylic acids is 3. The van der Waals surface area contributed by atoms with E-state index in [0.717, 1.165) is 33.2 Å². The second kappa shape index (κ2) is 13.6. The van der Waals surface area contributed by atoms with E-state index in [1.54, 1.807) is 6.07 Å². The Morgan fingerprint density at radius 1 is 0.708 bits per heavy atom. The molecule has 5 aromatic rings. The monoisotopic (exact) mass is 655 g/mol. The molecule has 11 heteroatoms. The van der Waals surface area contributed by atoms with Gasteiger partial charge in [0, 0.05) is 49.0 Å². The van der Waals surface area contributed by atoms with Crippen LogP contribution in [0.4, 0.5) is 23.2 Å². The lowest BCUT2D eigenvalue weighted by Gasteiger charge is -2.36. The summed E-state index contributed by atoms with van der Waals surface area (Å²) in [6, 6.07) is 22.3. The number of fused-ring (bicyclic) bond motifs is 1. The Kier molecular flexibility index (Phi) is 9.20. The zero-order valence-electron chi connectivity index (χ0n) is 25.6. The van der Waals surface area contributed by atoms with Gasteiger partial charge in [-0.15, -0.1) is 0 Å². The van der Waals surface area contributed by atoms with Crippen molar-refractivity contribution in [2.24, 2.45) is 0 Å². The number of halogens is 4. The smallest absolute Gasteiger partial charge is 0.290 e. The van der Waals surface area contributed by atoms with E-state index in [9.17, 15) is 36.7 Å². The standard InChI is InChI=1S/C37H29F4N3O4/c38-29-10-4-2-7-26(29)22-44-21-24(16-23-18-30(39)35(41)31(40)19-23)17-28(36(44)47)33(45)20-34(46)37(48)43-14-12-42(13-15-43)32-11-5-8-25-6-1-3-9-27(25)32/h1-11,17-19,21H,12-16,20,22H2. The number of anilines is 1. The van der Waals surface area contributed by atoms with Crippen molar-refractivity contribution in [3.8, 4) is 0 Å². The fraction of sp³-hybridized carbons (Fsp3) is 0.189. The Morgan fingerprint density at radius 3 is 2.10 bits per heavy atom. The summed E-state index contributed by atoms with van der Waals surface area (Å²) in [5.74, 6) is -7.85. The third-order valence-corrected chi connectivity index (χ3v) is 8.43. The number of ketones is 2. The van der Waals surface area contributed by atoms with Crippen molar-refractivity contribution in [1.29, 1.82) is 0 Å². The van der Waals surface area contributed by atoms with Crippen LogP contribution in [0.15, 0.2) is 95.9 Å². The number of pyridine rings is 1. The SMILES string of the molecule is O=C(CC(=O)c1cc(Cc2cc(F)c(F)c(F)c2)cn(Cc2ccccc2F)c1=O)C(=O)N1CCN(c2cccc3ccccc23)CC1. The number of Topliss-reactive ketones (excluding diaryl/α,β-unsaturated/α-hetero) is 2. The van der Waals surface area contributed by atoms with Crippen LogP contribution in [0.25, 0.3) is 10.8 Å². The van der Waals surface area contributed by atoms with Gasteiger partial charge in [-0.3, -0.25) is 19.2 Å². The minimum absolute atomic E-state index is 0.00906. The van der Waals surface area contributed by atoms with Gasteiger partial charge in [-0.05, 0) is 53.3 Å². The van der Waals surface area contributed by atoms with Crippen molar-refractivity contribution in [1.82, 2.24) is 9.47 Å². The first-order valence-corrected chi connectivity index (χ1v) is 15.3. The Labute approximate surface area is 272 Å². The van der Waals surface area contributed by atoms with Gasteiger partial charge in [-0.2, -0.15) is 0 Å². The molecule has 1 aromatic heterocycles. The highest BCUT2D eigenvalue weighted by molar-refractivity contribution is 6.40. The summed E-state index contributed by atoms with van der Waals surface area (Å²) in [5.41, 5.74) is 0.0707. The van der Waals surface area contributed by atoms with Crippen LogP contribution in [0.2, 0.25) is 0 Å². The number of rotatable bonds is 9. The number of piperazine rings is 1. The number of nitrogens with zero attached hydrogens (tertiary/aromatic N) is 3. The molecule has 0 saturated carbocycles. The predicted octanol–water partition coefficient (Wildman–Crippen LogP) is 5.69. The molecule has 0 atom stereocenters. The van der Waals surface area contributed by atoms with Crippen LogP contribution in [0.3, 0.4) is 0 Å². The van der Waals surface area contributed by atoms with Crippen LogP contribution in [-0.2, 0) is 22.6 Å². The summed E-state index contributed by atoms with van der Waals surface area (Å²) in [4.78, 5) is 56.5. The average molecular weight is 656 g/mol. The first-order chi connectivity index (χ1) is 23.1. The van der Waals surface area contributed by atoms with E-state index in [2.05, 4.69) is 4.90 Å². The van der Waals surface area contributed by atoms with E-state index in [1.165, 1.54) is 35.4 Å². The summed E-state index contributed by atoms with van der Waals surface area (Å²) in [6.07, 6.45) is 0.188. The average Bonchev–Trinajstić information content (AvgIpc) is 3.08. The maximum absolute atomic E-state index is 14.5. The van der Waals surface area contributed by atoms with Crippen LogP contribution in [0, 0.1) is 23.3 Å². The highest BCUT2D eigenvalue weighted by atomic mass is 19.2. The summed E-state index contributed by atoms with van der Waals surface area (Å²) < 4.78 is 56.9. The van der Waals surface area contributed by atoms with Gasteiger partial charge in [0.05, 0.1) is 18.5 Å². The Bertz CT molecular complexity index is 2090. The van der Waals surface area contributed by atoms with E-state index in [0.29, 0.717) is 13.1 Å². The van der Waals surface area contributed by atoms with Gasteiger partial charge in [0.1, 0.15) is 5.82 Å². The fourth-order valence-corrected chi connectivity index (χ4v) is 6.00. The molecular formula is C37H29F4N3O4. The van der Waals surface area contributed by atoms with Crippen molar-refractivity contribution in [2.75, 3.05) is 31.1 Å². The lowest BCUT2D eigenvalue weighted by atomic mass is 10.0. The van der Waals surface area contributed by atoms with Crippen LogP contribution >= 0.6 is 0 Å². The molecule has 2 heterocycles. The molecule has 0 unspecified atom stereocenters. The van der Waals surface area contributed by atoms with Gasteiger partial charge in [0.2, 0.25) is 5.78 Å². The van der Waals surface area contributed by atoms with E-state index < -0.39 is 58.3 Å². The first-order valence-electron chi connectivity index (χ1n) is 15.3. The molecule has 244 valence electrons.